The standard InChI is InChI=1S/C35H36F2NO/c1-19-20-11-9-10-12-21(20)24(18-35(5,6)7)32-27(19)31-29-22(15-16-38(31)8)23(17-34(2,3)4)28-25(36)13-14-26(37)30(28)33(29)39-32/h9-16H,17-18H2,1-8H3/q+1. The quantitative estimate of drug-likeness (QED) is 0.162. The predicted octanol–water partition coefficient (Wildman–Crippen LogP) is 9.51. The van der Waals surface area contributed by atoms with E-state index in [1.54, 1.807) is 0 Å². The first-order valence-electron chi connectivity index (χ1n) is 13.7. The van der Waals surface area contributed by atoms with Crippen molar-refractivity contribution in [2.24, 2.45) is 17.9 Å². The summed E-state index contributed by atoms with van der Waals surface area (Å²) in [5.41, 5.74) is 4.94. The summed E-state index contributed by atoms with van der Waals surface area (Å²) in [6, 6.07) is 13.0. The van der Waals surface area contributed by atoms with Crippen LogP contribution in [0, 0.1) is 29.4 Å². The van der Waals surface area contributed by atoms with Gasteiger partial charge in [0.2, 0.25) is 5.69 Å². The molecule has 0 spiro atoms. The number of rotatable bonds is 2. The van der Waals surface area contributed by atoms with Crippen LogP contribution in [0.5, 0.6) is 11.5 Å². The van der Waals surface area contributed by atoms with E-state index in [1.165, 1.54) is 17.5 Å². The van der Waals surface area contributed by atoms with Gasteiger partial charge >= 0.3 is 0 Å². The van der Waals surface area contributed by atoms with E-state index in [4.69, 9.17) is 4.74 Å². The van der Waals surface area contributed by atoms with Crippen molar-refractivity contribution in [2.45, 2.75) is 61.3 Å². The van der Waals surface area contributed by atoms with Gasteiger partial charge in [0.15, 0.2) is 11.9 Å². The van der Waals surface area contributed by atoms with Crippen molar-refractivity contribution < 1.29 is 18.1 Å². The number of benzene rings is 4. The second-order valence-corrected chi connectivity index (χ2v) is 13.6. The molecule has 0 N–H and O–H groups in total. The van der Waals surface area contributed by atoms with Gasteiger partial charge in [-0.25, -0.2) is 13.3 Å². The largest absolute Gasteiger partial charge is 0.454 e. The van der Waals surface area contributed by atoms with Gasteiger partial charge in [0.25, 0.3) is 0 Å². The highest BCUT2D eigenvalue weighted by Gasteiger charge is 2.37. The molecule has 0 atom stereocenters. The lowest BCUT2D eigenvalue weighted by Crippen LogP contribution is -2.32. The maximum Gasteiger partial charge on any atom is 0.228 e. The Balaban J connectivity index is 1.87. The Labute approximate surface area is 229 Å². The molecule has 1 aliphatic rings. The average Bonchev–Trinajstić information content (AvgIpc) is 2.85. The van der Waals surface area contributed by atoms with Gasteiger partial charge in [0.1, 0.15) is 24.4 Å². The number of fused-ring (bicyclic) bond motifs is 5. The highest BCUT2D eigenvalue weighted by molar-refractivity contribution is 6.15. The van der Waals surface area contributed by atoms with Gasteiger partial charge in [0, 0.05) is 22.4 Å². The molecule has 6 rings (SSSR count). The molecule has 0 saturated heterocycles. The number of hydrogen-bond acceptors (Lipinski definition) is 1. The van der Waals surface area contributed by atoms with E-state index in [1.807, 2.05) is 19.3 Å². The minimum Gasteiger partial charge on any atom is -0.454 e. The lowest BCUT2D eigenvalue weighted by atomic mass is 9.80. The topological polar surface area (TPSA) is 13.1 Å². The van der Waals surface area contributed by atoms with Crippen LogP contribution in [0.2, 0.25) is 0 Å². The Hall–Kier alpha value is -3.53. The molecule has 0 saturated carbocycles. The predicted molar refractivity (Wildman–Crippen MR) is 157 cm³/mol. The van der Waals surface area contributed by atoms with Crippen LogP contribution in [-0.4, -0.2) is 0 Å². The zero-order valence-corrected chi connectivity index (χ0v) is 24.1. The highest BCUT2D eigenvalue weighted by Crippen LogP contribution is 2.55. The molecule has 1 aromatic heterocycles. The third-order valence-electron chi connectivity index (χ3n) is 7.90. The summed E-state index contributed by atoms with van der Waals surface area (Å²) in [5, 5.41) is 4.65. The molecule has 0 fully saturated rings. The fourth-order valence-corrected chi connectivity index (χ4v) is 6.43. The third kappa shape index (κ3) is 3.99. The molecule has 0 bridgehead atoms. The highest BCUT2D eigenvalue weighted by atomic mass is 19.1. The molecule has 39 heavy (non-hydrogen) atoms. The third-order valence-corrected chi connectivity index (χ3v) is 7.90. The number of hydrogen-bond donors (Lipinski definition) is 0. The van der Waals surface area contributed by atoms with Gasteiger partial charge < -0.3 is 4.74 Å². The zero-order chi connectivity index (χ0) is 28.0. The maximum atomic E-state index is 15.8. The molecule has 0 radical (unpaired) electrons. The molecule has 200 valence electrons. The number of pyridine rings is 1. The van der Waals surface area contributed by atoms with E-state index >= 15 is 8.78 Å². The zero-order valence-electron chi connectivity index (χ0n) is 24.1. The Kier molecular flexibility index (Phi) is 5.60. The fraction of sp³-hybridized carbons (Fsp3) is 0.343. The minimum atomic E-state index is -0.464. The summed E-state index contributed by atoms with van der Waals surface area (Å²) in [6.45, 7) is 15.2. The van der Waals surface area contributed by atoms with Crippen LogP contribution in [0.1, 0.15) is 58.2 Å². The number of halogens is 2. The first-order chi connectivity index (χ1) is 18.3. The van der Waals surface area contributed by atoms with Crippen molar-refractivity contribution in [1.29, 1.82) is 0 Å². The van der Waals surface area contributed by atoms with E-state index in [0.29, 0.717) is 17.6 Å². The number of ether oxygens (including phenoxy) is 1. The van der Waals surface area contributed by atoms with Crippen molar-refractivity contribution >= 4 is 32.3 Å². The monoisotopic (exact) mass is 524 g/mol. The molecule has 4 aromatic carbocycles. The maximum absolute atomic E-state index is 15.8. The molecule has 4 heteroatoms. The Morgan fingerprint density at radius 2 is 1.28 bits per heavy atom. The summed E-state index contributed by atoms with van der Waals surface area (Å²) in [4.78, 5) is 0. The average molecular weight is 525 g/mol. The lowest BCUT2D eigenvalue weighted by Gasteiger charge is -2.30. The number of nitrogens with zero attached hydrogens (tertiary/aromatic N) is 1. The van der Waals surface area contributed by atoms with E-state index in [9.17, 15) is 0 Å². The van der Waals surface area contributed by atoms with E-state index < -0.39 is 11.6 Å². The van der Waals surface area contributed by atoms with Gasteiger partial charge in [-0.2, -0.15) is 0 Å². The normalized spacial score (nSPS) is 13.3. The van der Waals surface area contributed by atoms with Gasteiger partial charge in [-0.15, -0.1) is 0 Å². The van der Waals surface area contributed by atoms with Crippen LogP contribution in [0.25, 0.3) is 43.6 Å². The van der Waals surface area contributed by atoms with Crippen molar-refractivity contribution in [2.75, 3.05) is 0 Å². The van der Waals surface area contributed by atoms with Gasteiger partial charge in [-0.1, -0.05) is 65.8 Å². The molecule has 1 aliphatic heterocycles. The Morgan fingerprint density at radius 1 is 0.692 bits per heavy atom. The molecule has 0 unspecified atom stereocenters. The first kappa shape index (κ1) is 25.7. The van der Waals surface area contributed by atoms with Crippen LogP contribution in [-0.2, 0) is 19.9 Å². The van der Waals surface area contributed by atoms with Crippen molar-refractivity contribution in [1.82, 2.24) is 0 Å². The summed E-state index contributed by atoms with van der Waals surface area (Å²) in [5.74, 6) is 0.287. The molecule has 0 aliphatic carbocycles. The van der Waals surface area contributed by atoms with Gasteiger partial charge in [-0.3, -0.25) is 0 Å². The minimum absolute atomic E-state index is 0.0143. The van der Waals surface area contributed by atoms with Crippen LogP contribution < -0.4 is 9.30 Å². The van der Waals surface area contributed by atoms with Gasteiger partial charge in [0.05, 0.1) is 16.3 Å². The molecule has 2 heterocycles. The van der Waals surface area contributed by atoms with E-state index in [2.05, 4.69) is 77.3 Å². The second kappa shape index (κ2) is 8.48. The molecular formula is C35H36F2NO+. The Morgan fingerprint density at radius 3 is 1.92 bits per heavy atom. The first-order valence-corrected chi connectivity index (χ1v) is 13.7. The number of aromatic nitrogens is 1. The smallest absolute Gasteiger partial charge is 0.228 e. The van der Waals surface area contributed by atoms with Crippen LogP contribution in [0.15, 0.2) is 48.7 Å². The van der Waals surface area contributed by atoms with E-state index in [-0.39, 0.29) is 16.2 Å². The summed E-state index contributed by atoms with van der Waals surface area (Å²) in [6.07, 6.45) is 3.43. The molecule has 5 aromatic rings. The summed E-state index contributed by atoms with van der Waals surface area (Å²) < 4.78 is 40.5. The van der Waals surface area contributed by atoms with Crippen LogP contribution in [0.3, 0.4) is 0 Å². The fourth-order valence-electron chi connectivity index (χ4n) is 6.43. The van der Waals surface area contributed by atoms with Crippen molar-refractivity contribution in [3.63, 3.8) is 0 Å². The summed E-state index contributed by atoms with van der Waals surface area (Å²) >= 11 is 0. The molecule has 2 nitrogen and oxygen atoms in total. The Bertz CT molecular complexity index is 1840. The van der Waals surface area contributed by atoms with Crippen LogP contribution in [0.4, 0.5) is 8.78 Å². The molecule has 0 amide bonds. The van der Waals surface area contributed by atoms with Crippen molar-refractivity contribution in [3.8, 4) is 22.8 Å². The van der Waals surface area contributed by atoms with E-state index in [0.717, 1.165) is 56.3 Å². The lowest BCUT2D eigenvalue weighted by molar-refractivity contribution is -0.659. The molecular weight excluding hydrogens is 488 g/mol. The number of aryl methyl sites for hydroxylation is 2. The summed E-state index contributed by atoms with van der Waals surface area (Å²) in [7, 11) is 2.03. The van der Waals surface area contributed by atoms with Gasteiger partial charge in [-0.05, 0) is 64.6 Å². The van der Waals surface area contributed by atoms with Crippen molar-refractivity contribution in [3.05, 3.63) is 77.0 Å². The second-order valence-electron chi connectivity index (χ2n) is 13.6. The SMILES string of the molecule is Cc1c2c(c(CC(C)(C)C)c3ccccc13)Oc1c3c-2[n+](C)ccc3c(CC(C)(C)C)c2c(F)ccc(F)c12. The van der Waals surface area contributed by atoms with Crippen LogP contribution >= 0.6 is 0 Å².